The Morgan fingerprint density at radius 1 is 1.08 bits per heavy atom. The van der Waals surface area contributed by atoms with Gasteiger partial charge in [-0.1, -0.05) is 26.3 Å². The number of imidazole rings is 1. The standard InChI is InChI=1S/C27H34FN7O2.C2H6/c1-17-11-18(2)25(30-13-17)32-23-20(12-21-24(22(23)28)31-16-33(21)3)27(37)35-14-19(15-35)26(36)29-7-10-34-8-5-4-6-9-34;1-2/h11-13,16,19H,4-10,14-15H2,1-3H3,(H,29,36)(H,30,32);1-2H3. The molecule has 0 atom stereocenters. The summed E-state index contributed by atoms with van der Waals surface area (Å²) < 4.78 is 17.4. The second kappa shape index (κ2) is 12.5. The van der Waals surface area contributed by atoms with Crippen LogP contribution in [0.5, 0.6) is 0 Å². The summed E-state index contributed by atoms with van der Waals surface area (Å²) in [5, 5.41) is 6.06. The average molecular weight is 538 g/mol. The van der Waals surface area contributed by atoms with Crippen LogP contribution in [0, 0.1) is 25.6 Å². The molecular formula is C29H40FN7O2. The SMILES string of the molecule is CC.Cc1cnc(Nc2c(C(=O)N3CC(C(=O)NCCN4CCCCC4)C3)cc3c(ncn3C)c2F)c(C)c1. The number of carbonyl (C=O) groups is 2. The summed E-state index contributed by atoms with van der Waals surface area (Å²) in [6, 6.07) is 3.60. The fourth-order valence-electron chi connectivity index (χ4n) is 5.13. The van der Waals surface area contributed by atoms with Crippen molar-refractivity contribution >= 4 is 34.4 Å². The first kappa shape index (κ1) is 28.5. The molecule has 0 bridgehead atoms. The molecule has 2 aliphatic heterocycles. The van der Waals surface area contributed by atoms with E-state index in [0.29, 0.717) is 31.0 Å². The summed E-state index contributed by atoms with van der Waals surface area (Å²) in [4.78, 5) is 38.7. The molecule has 0 spiro atoms. The molecule has 0 aliphatic carbocycles. The number of amides is 2. The van der Waals surface area contributed by atoms with Crippen LogP contribution >= 0.6 is 0 Å². The van der Waals surface area contributed by atoms with Crippen molar-refractivity contribution in [2.75, 3.05) is 44.6 Å². The number of aromatic nitrogens is 3. The fraction of sp³-hybridized carbons (Fsp3) is 0.517. The zero-order chi connectivity index (χ0) is 28.1. The molecule has 2 saturated heterocycles. The molecule has 1 aromatic carbocycles. The zero-order valence-corrected chi connectivity index (χ0v) is 23.7. The summed E-state index contributed by atoms with van der Waals surface area (Å²) >= 11 is 0. The summed E-state index contributed by atoms with van der Waals surface area (Å²) in [6.07, 6.45) is 6.93. The van der Waals surface area contributed by atoms with Crippen molar-refractivity contribution in [1.29, 1.82) is 0 Å². The molecule has 39 heavy (non-hydrogen) atoms. The number of anilines is 2. The Labute approximate surface area is 229 Å². The monoisotopic (exact) mass is 537 g/mol. The highest BCUT2D eigenvalue weighted by atomic mass is 19.1. The van der Waals surface area contributed by atoms with Crippen LogP contribution in [0.25, 0.3) is 11.0 Å². The number of fused-ring (bicyclic) bond motifs is 1. The molecular weight excluding hydrogens is 497 g/mol. The lowest BCUT2D eigenvalue weighted by Crippen LogP contribution is -2.56. The molecule has 2 amide bonds. The Kier molecular flexibility index (Phi) is 9.16. The number of benzene rings is 1. The number of nitrogens with one attached hydrogen (secondary N) is 2. The number of hydrogen-bond donors (Lipinski definition) is 2. The van der Waals surface area contributed by atoms with E-state index in [2.05, 4.69) is 25.5 Å². The summed E-state index contributed by atoms with van der Waals surface area (Å²) in [5.41, 5.74) is 2.77. The Morgan fingerprint density at radius 3 is 2.49 bits per heavy atom. The number of pyridine rings is 1. The van der Waals surface area contributed by atoms with Gasteiger partial charge in [-0.15, -0.1) is 0 Å². The number of aryl methyl sites for hydroxylation is 3. The molecule has 210 valence electrons. The lowest BCUT2D eigenvalue weighted by molar-refractivity contribution is -0.129. The molecule has 5 rings (SSSR count). The number of hydrogen-bond acceptors (Lipinski definition) is 6. The molecule has 9 nitrogen and oxygen atoms in total. The third kappa shape index (κ3) is 6.21. The molecule has 0 saturated carbocycles. The maximum Gasteiger partial charge on any atom is 0.256 e. The van der Waals surface area contributed by atoms with Crippen molar-refractivity contribution in [1.82, 2.24) is 29.7 Å². The van der Waals surface area contributed by atoms with Gasteiger partial charge in [0.15, 0.2) is 5.82 Å². The van der Waals surface area contributed by atoms with Gasteiger partial charge in [-0.05, 0) is 57.0 Å². The lowest BCUT2D eigenvalue weighted by Gasteiger charge is -2.38. The van der Waals surface area contributed by atoms with Gasteiger partial charge < -0.3 is 25.0 Å². The first-order chi connectivity index (χ1) is 18.8. The van der Waals surface area contributed by atoms with Gasteiger partial charge in [-0.2, -0.15) is 0 Å². The summed E-state index contributed by atoms with van der Waals surface area (Å²) in [5.74, 6) is -0.744. The maximum absolute atomic E-state index is 15.7. The van der Waals surface area contributed by atoms with Crippen LogP contribution in [0.2, 0.25) is 0 Å². The predicted octanol–water partition coefficient (Wildman–Crippen LogP) is 4.17. The van der Waals surface area contributed by atoms with Crippen molar-refractivity contribution < 1.29 is 14.0 Å². The van der Waals surface area contributed by atoms with Gasteiger partial charge in [0.1, 0.15) is 11.3 Å². The fourth-order valence-corrected chi connectivity index (χ4v) is 5.13. The van der Waals surface area contributed by atoms with E-state index in [4.69, 9.17) is 0 Å². The van der Waals surface area contributed by atoms with Crippen LogP contribution in [0.1, 0.15) is 54.6 Å². The third-order valence-corrected chi connectivity index (χ3v) is 7.36. The van der Waals surface area contributed by atoms with E-state index in [1.165, 1.54) is 25.6 Å². The zero-order valence-electron chi connectivity index (χ0n) is 23.7. The minimum atomic E-state index is -0.601. The van der Waals surface area contributed by atoms with Crippen LogP contribution < -0.4 is 10.6 Å². The molecule has 3 aromatic rings. The van der Waals surface area contributed by atoms with E-state index in [9.17, 15) is 9.59 Å². The summed E-state index contributed by atoms with van der Waals surface area (Å²) in [7, 11) is 1.76. The number of halogens is 1. The second-order valence-electron chi connectivity index (χ2n) is 10.2. The molecule has 0 unspecified atom stereocenters. The quantitative estimate of drug-likeness (QED) is 0.470. The van der Waals surface area contributed by atoms with Crippen molar-refractivity contribution in [3.8, 4) is 0 Å². The molecule has 2 fully saturated rings. The average Bonchev–Trinajstić information content (AvgIpc) is 3.28. The van der Waals surface area contributed by atoms with E-state index >= 15 is 4.39 Å². The molecule has 2 aliphatic rings. The minimum absolute atomic E-state index is 0.0350. The van der Waals surface area contributed by atoms with Crippen LogP contribution in [0.15, 0.2) is 24.7 Å². The van der Waals surface area contributed by atoms with E-state index < -0.39 is 5.82 Å². The number of carbonyl (C=O) groups excluding carboxylic acids is 2. The minimum Gasteiger partial charge on any atom is -0.354 e. The molecule has 0 radical (unpaired) electrons. The van der Waals surface area contributed by atoms with Crippen LogP contribution in [0.3, 0.4) is 0 Å². The third-order valence-electron chi connectivity index (χ3n) is 7.36. The van der Waals surface area contributed by atoms with Crippen molar-refractivity contribution in [2.45, 2.75) is 47.0 Å². The lowest BCUT2D eigenvalue weighted by atomic mass is 9.97. The van der Waals surface area contributed by atoms with E-state index in [1.54, 1.807) is 28.8 Å². The molecule has 2 aromatic heterocycles. The Morgan fingerprint density at radius 2 is 1.79 bits per heavy atom. The van der Waals surface area contributed by atoms with Gasteiger partial charge in [0.25, 0.3) is 5.91 Å². The Bertz CT molecular complexity index is 1330. The van der Waals surface area contributed by atoms with E-state index in [0.717, 1.165) is 30.8 Å². The van der Waals surface area contributed by atoms with Crippen LogP contribution in [0.4, 0.5) is 15.9 Å². The number of nitrogens with zero attached hydrogens (tertiary/aromatic N) is 5. The van der Waals surface area contributed by atoms with Gasteiger partial charge in [-0.25, -0.2) is 14.4 Å². The van der Waals surface area contributed by atoms with Crippen molar-refractivity contribution in [2.24, 2.45) is 13.0 Å². The van der Waals surface area contributed by atoms with E-state index in [1.807, 2.05) is 33.8 Å². The van der Waals surface area contributed by atoms with Crippen LogP contribution in [-0.4, -0.2) is 75.4 Å². The van der Waals surface area contributed by atoms with E-state index in [-0.39, 0.29) is 34.5 Å². The molecule has 2 N–H and O–H groups in total. The highest BCUT2D eigenvalue weighted by molar-refractivity contribution is 6.05. The topological polar surface area (TPSA) is 95.4 Å². The van der Waals surface area contributed by atoms with Crippen molar-refractivity contribution in [3.63, 3.8) is 0 Å². The number of piperidine rings is 1. The number of likely N-dealkylation sites (tertiary alicyclic amines) is 2. The normalized spacial score (nSPS) is 15.9. The van der Waals surface area contributed by atoms with Gasteiger partial charge in [0.05, 0.1) is 29.0 Å². The van der Waals surface area contributed by atoms with Gasteiger partial charge in [-0.3, -0.25) is 9.59 Å². The molecule has 4 heterocycles. The Balaban J connectivity index is 0.00000172. The second-order valence-corrected chi connectivity index (χ2v) is 10.2. The highest BCUT2D eigenvalue weighted by Crippen LogP contribution is 2.33. The summed E-state index contributed by atoms with van der Waals surface area (Å²) in [6.45, 7) is 12.1. The van der Waals surface area contributed by atoms with Crippen LogP contribution in [-0.2, 0) is 11.8 Å². The van der Waals surface area contributed by atoms with Gasteiger partial charge >= 0.3 is 0 Å². The van der Waals surface area contributed by atoms with Crippen molar-refractivity contribution in [3.05, 3.63) is 47.2 Å². The first-order valence-corrected chi connectivity index (χ1v) is 13.9. The Hall–Kier alpha value is -3.53. The van der Waals surface area contributed by atoms with Gasteiger partial charge in [0.2, 0.25) is 5.91 Å². The highest BCUT2D eigenvalue weighted by Gasteiger charge is 2.37. The first-order valence-electron chi connectivity index (χ1n) is 13.9. The maximum atomic E-state index is 15.7. The molecule has 10 heteroatoms. The smallest absolute Gasteiger partial charge is 0.256 e. The largest absolute Gasteiger partial charge is 0.354 e. The van der Waals surface area contributed by atoms with Gasteiger partial charge in [0, 0.05) is 39.4 Å². The predicted molar refractivity (Wildman–Crippen MR) is 152 cm³/mol. The number of rotatable bonds is 7.